The van der Waals surface area contributed by atoms with E-state index in [2.05, 4.69) is 16.1 Å². The summed E-state index contributed by atoms with van der Waals surface area (Å²) in [5, 5.41) is 12.5. The SMILES string of the molecule is COc1ccc(CCNc2ccc(C(=O)O)cc2S(=O)(=O)NCCC2=CCCCC2)cc1. The first-order chi connectivity index (χ1) is 15.4. The number of benzene rings is 2. The monoisotopic (exact) mass is 458 g/mol. The molecule has 3 N–H and O–H groups in total. The number of nitrogens with one attached hydrogen (secondary N) is 2. The lowest BCUT2D eigenvalue weighted by Crippen LogP contribution is -2.26. The Morgan fingerprint density at radius 1 is 1.06 bits per heavy atom. The summed E-state index contributed by atoms with van der Waals surface area (Å²) < 4.78 is 33.8. The first kappa shape index (κ1) is 23.8. The van der Waals surface area contributed by atoms with Gasteiger partial charge in [0.15, 0.2) is 0 Å². The summed E-state index contributed by atoms with van der Waals surface area (Å²) in [6.07, 6.45) is 7.91. The fraction of sp³-hybridized carbons (Fsp3) is 0.375. The number of anilines is 1. The third kappa shape index (κ3) is 6.58. The molecular weight excluding hydrogens is 428 g/mol. The van der Waals surface area contributed by atoms with Gasteiger partial charge in [0.25, 0.3) is 0 Å². The second-order valence-electron chi connectivity index (χ2n) is 7.80. The molecule has 1 aliphatic carbocycles. The van der Waals surface area contributed by atoms with Crippen molar-refractivity contribution in [3.05, 3.63) is 65.2 Å². The van der Waals surface area contributed by atoms with E-state index in [1.807, 2.05) is 24.3 Å². The largest absolute Gasteiger partial charge is 0.497 e. The van der Waals surface area contributed by atoms with E-state index in [1.165, 1.54) is 30.2 Å². The number of carboxylic acid groups (broad SMARTS) is 1. The van der Waals surface area contributed by atoms with Crippen molar-refractivity contribution in [1.29, 1.82) is 0 Å². The summed E-state index contributed by atoms with van der Waals surface area (Å²) in [6, 6.07) is 11.8. The normalized spacial score (nSPS) is 14.0. The van der Waals surface area contributed by atoms with Gasteiger partial charge < -0.3 is 15.2 Å². The van der Waals surface area contributed by atoms with Crippen molar-refractivity contribution in [1.82, 2.24) is 4.72 Å². The molecule has 3 rings (SSSR count). The molecule has 0 amide bonds. The van der Waals surface area contributed by atoms with Gasteiger partial charge in [-0.1, -0.05) is 23.8 Å². The fourth-order valence-electron chi connectivity index (χ4n) is 3.71. The molecule has 0 spiro atoms. The molecule has 2 aromatic carbocycles. The van der Waals surface area contributed by atoms with Gasteiger partial charge in [-0.2, -0.15) is 0 Å². The van der Waals surface area contributed by atoms with Crippen LogP contribution in [0.4, 0.5) is 5.69 Å². The van der Waals surface area contributed by atoms with E-state index < -0.39 is 16.0 Å². The number of carboxylic acids is 1. The average Bonchev–Trinajstić information content (AvgIpc) is 2.80. The molecule has 0 aromatic heterocycles. The molecule has 2 aromatic rings. The quantitative estimate of drug-likeness (QED) is 0.436. The predicted octanol–water partition coefficient (Wildman–Crippen LogP) is 4.22. The number of methoxy groups -OCH3 is 1. The maximum absolute atomic E-state index is 13.0. The first-order valence-corrected chi connectivity index (χ1v) is 12.3. The van der Waals surface area contributed by atoms with Crippen molar-refractivity contribution in [2.75, 3.05) is 25.5 Å². The molecule has 0 radical (unpaired) electrons. The average molecular weight is 459 g/mol. The number of carbonyl (C=O) groups is 1. The van der Waals surface area contributed by atoms with Gasteiger partial charge in [0, 0.05) is 13.1 Å². The molecule has 0 atom stereocenters. The van der Waals surface area contributed by atoms with Crippen LogP contribution in [0, 0.1) is 0 Å². The summed E-state index contributed by atoms with van der Waals surface area (Å²) in [4.78, 5) is 11.4. The maximum atomic E-state index is 13.0. The minimum absolute atomic E-state index is 0.0512. The lowest BCUT2D eigenvalue weighted by molar-refractivity contribution is 0.0696. The fourth-order valence-corrected chi connectivity index (χ4v) is 4.95. The Balaban J connectivity index is 1.69. The van der Waals surface area contributed by atoms with Gasteiger partial charge in [-0.25, -0.2) is 17.9 Å². The van der Waals surface area contributed by atoms with Crippen LogP contribution >= 0.6 is 0 Å². The molecule has 8 heteroatoms. The number of rotatable bonds is 11. The lowest BCUT2D eigenvalue weighted by Gasteiger charge is -2.16. The smallest absolute Gasteiger partial charge is 0.335 e. The van der Waals surface area contributed by atoms with Crippen LogP contribution in [0.25, 0.3) is 0 Å². The summed E-state index contributed by atoms with van der Waals surface area (Å²) in [5.74, 6) is -0.395. The molecule has 0 saturated carbocycles. The first-order valence-electron chi connectivity index (χ1n) is 10.8. The second kappa shape index (κ2) is 11.2. The van der Waals surface area contributed by atoms with Crippen molar-refractivity contribution in [2.24, 2.45) is 0 Å². The molecule has 32 heavy (non-hydrogen) atoms. The third-order valence-corrected chi connectivity index (χ3v) is 7.03. The summed E-state index contributed by atoms with van der Waals surface area (Å²) >= 11 is 0. The van der Waals surface area contributed by atoms with Gasteiger partial charge in [0.2, 0.25) is 10.0 Å². The minimum atomic E-state index is -3.87. The van der Waals surface area contributed by atoms with Crippen LogP contribution in [0.2, 0.25) is 0 Å². The Kier molecular flexibility index (Phi) is 8.30. The standard InChI is InChI=1S/C24H30N2O5S/c1-31-21-10-7-19(8-11-21)13-15-25-22-12-9-20(24(27)28)17-23(22)32(29,30)26-16-14-18-5-3-2-4-6-18/h5,7-12,17,25-26H,2-4,6,13-16H2,1H3,(H,27,28). The Morgan fingerprint density at radius 3 is 2.50 bits per heavy atom. The van der Waals surface area contributed by atoms with E-state index in [0.29, 0.717) is 25.1 Å². The molecule has 0 unspecified atom stereocenters. The molecule has 7 nitrogen and oxygen atoms in total. The van der Waals surface area contributed by atoms with Crippen molar-refractivity contribution in [3.8, 4) is 5.75 Å². The number of hydrogen-bond acceptors (Lipinski definition) is 5. The van der Waals surface area contributed by atoms with Gasteiger partial charge in [-0.05, 0) is 74.4 Å². The zero-order valence-corrected chi connectivity index (χ0v) is 19.1. The van der Waals surface area contributed by atoms with Crippen LogP contribution < -0.4 is 14.8 Å². The number of hydrogen-bond donors (Lipinski definition) is 3. The van der Waals surface area contributed by atoms with Crippen LogP contribution in [0.15, 0.2) is 59.0 Å². The Morgan fingerprint density at radius 2 is 1.84 bits per heavy atom. The van der Waals surface area contributed by atoms with E-state index in [4.69, 9.17) is 4.74 Å². The molecule has 0 saturated heterocycles. The second-order valence-corrected chi connectivity index (χ2v) is 9.53. The zero-order chi connectivity index (χ0) is 23.0. The van der Waals surface area contributed by atoms with Crippen LogP contribution in [0.5, 0.6) is 5.75 Å². The highest BCUT2D eigenvalue weighted by atomic mass is 32.2. The predicted molar refractivity (Wildman–Crippen MR) is 125 cm³/mol. The van der Waals surface area contributed by atoms with E-state index in [-0.39, 0.29) is 17.0 Å². The van der Waals surface area contributed by atoms with Crippen LogP contribution in [0.3, 0.4) is 0 Å². The van der Waals surface area contributed by atoms with Crippen molar-refractivity contribution >= 4 is 21.7 Å². The highest BCUT2D eigenvalue weighted by Crippen LogP contribution is 2.24. The van der Waals surface area contributed by atoms with Crippen molar-refractivity contribution in [3.63, 3.8) is 0 Å². The zero-order valence-electron chi connectivity index (χ0n) is 18.3. The molecule has 0 bridgehead atoms. The molecule has 0 heterocycles. The number of ether oxygens (including phenoxy) is 1. The van der Waals surface area contributed by atoms with E-state index in [9.17, 15) is 18.3 Å². The summed E-state index contributed by atoms with van der Waals surface area (Å²) in [7, 11) is -2.26. The molecule has 0 fully saturated rings. The van der Waals surface area contributed by atoms with E-state index >= 15 is 0 Å². The summed E-state index contributed by atoms with van der Waals surface area (Å²) in [5.41, 5.74) is 2.66. The molecular formula is C24H30N2O5S. The van der Waals surface area contributed by atoms with Crippen LogP contribution in [-0.4, -0.2) is 39.7 Å². The van der Waals surface area contributed by atoms with Gasteiger partial charge in [0.05, 0.1) is 18.4 Å². The van der Waals surface area contributed by atoms with Gasteiger partial charge in [-0.15, -0.1) is 0 Å². The van der Waals surface area contributed by atoms with Crippen LogP contribution in [-0.2, 0) is 16.4 Å². The Hall–Kier alpha value is -2.84. The number of aromatic carboxylic acids is 1. The third-order valence-electron chi connectivity index (χ3n) is 5.53. The Bertz CT molecular complexity index is 1060. The van der Waals surface area contributed by atoms with Gasteiger partial charge in [0.1, 0.15) is 10.6 Å². The van der Waals surface area contributed by atoms with E-state index in [0.717, 1.165) is 30.6 Å². The Labute approximate surface area is 189 Å². The molecule has 172 valence electrons. The minimum Gasteiger partial charge on any atom is -0.497 e. The number of allylic oxidation sites excluding steroid dienone is 1. The lowest BCUT2D eigenvalue weighted by atomic mass is 9.97. The molecule has 1 aliphatic rings. The highest BCUT2D eigenvalue weighted by Gasteiger charge is 2.21. The van der Waals surface area contributed by atoms with Crippen molar-refractivity contribution < 1.29 is 23.1 Å². The highest BCUT2D eigenvalue weighted by molar-refractivity contribution is 7.89. The molecule has 0 aliphatic heterocycles. The van der Waals surface area contributed by atoms with E-state index in [1.54, 1.807) is 7.11 Å². The maximum Gasteiger partial charge on any atom is 0.335 e. The van der Waals surface area contributed by atoms with Crippen molar-refractivity contribution in [2.45, 2.75) is 43.4 Å². The van der Waals surface area contributed by atoms with Gasteiger partial charge >= 0.3 is 5.97 Å². The topological polar surface area (TPSA) is 105 Å². The number of sulfonamides is 1. The van der Waals surface area contributed by atoms with Crippen LogP contribution in [0.1, 0.15) is 48.0 Å². The van der Waals surface area contributed by atoms with Gasteiger partial charge in [-0.3, -0.25) is 0 Å². The summed E-state index contributed by atoms with van der Waals surface area (Å²) in [6.45, 7) is 0.783.